The van der Waals surface area contributed by atoms with Gasteiger partial charge >= 0.3 is 5.97 Å². The fourth-order valence-corrected chi connectivity index (χ4v) is 2.82. The standard InChI is InChI=1S/C22H36O4/c1-7-21(5,6)19(23)26-20(22(8-2,9-3)10-4)25-17-16-24-18-14-12-11-13-15-18/h11-15,20H,7-10,16-17H2,1-6H3. The highest BCUT2D eigenvalue weighted by Crippen LogP contribution is 2.38. The molecule has 0 aliphatic carbocycles. The second-order valence-corrected chi connectivity index (χ2v) is 7.43. The molecule has 1 unspecified atom stereocenters. The Bertz CT molecular complexity index is 512. The van der Waals surface area contributed by atoms with Crippen LogP contribution in [0.1, 0.15) is 67.2 Å². The highest BCUT2D eigenvalue weighted by Gasteiger charge is 2.40. The summed E-state index contributed by atoms with van der Waals surface area (Å²) in [6.07, 6.45) is 2.85. The lowest BCUT2D eigenvalue weighted by Crippen LogP contribution is -2.43. The third-order valence-electron chi connectivity index (χ3n) is 5.63. The molecule has 148 valence electrons. The van der Waals surface area contributed by atoms with Gasteiger partial charge in [0, 0.05) is 5.41 Å². The molecular formula is C22H36O4. The third kappa shape index (κ3) is 6.01. The Labute approximate surface area is 159 Å². The fraction of sp³-hybridized carbons (Fsp3) is 0.682. The molecule has 0 amide bonds. The van der Waals surface area contributed by atoms with E-state index in [1.165, 1.54) is 0 Å². The Balaban J connectivity index is 2.75. The van der Waals surface area contributed by atoms with Crippen LogP contribution < -0.4 is 4.74 Å². The first-order valence-corrected chi connectivity index (χ1v) is 9.85. The van der Waals surface area contributed by atoms with Crippen molar-refractivity contribution in [2.24, 2.45) is 10.8 Å². The van der Waals surface area contributed by atoms with Crippen molar-refractivity contribution in [3.05, 3.63) is 30.3 Å². The van der Waals surface area contributed by atoms with Crippen LogP contribution in [0, 0.1) is 10.8 Å². The Morgan fingerprint density at radius 2 is 1.50 bits per heavy atom. The molecule has 1 rings (SSSR count). The molecule has 0 fully saturated rings. The lowest BCUT2D eigenvalue weighted by Gasteiger charge is -2.39. The number of ether oxygens (including phenoxy) is 3. The minimum atomic E-state index is -0.555. The summed E-state index contributed by atoms with van der Waals surface area (Å²) < 4.78 is 17.6. The fourth-order valence-electron chi connectivity index (χ4n) is 2.82. The van der Waals surface area contributed by atoms with E-state index in [-0.39, 0.29) is 11.4 Å². The topological polar surface area (TPSA) is 44.8 Å². The van der Waals surface area contributed by atoms with Gasteiger partial charge in [-0.3, -0.25) is 4.79 Å². The maximum absolute atomic E-state index is 12.6. The quantitative estimate of drug-likeness (QED) is 0.275. The van der Waals surface area contributed by atoms with Crippen molar-refractivity contribution in [3.8, 4) is 5.75 Å². The van der Waals surface area contributed by atoms with E-state index in [1.54, 1.807) is 0 Å². The average Bonchev–Trinajstić information content (AvgIpc) is 2.67. The number of hydrogen-bond donors (Lipinski definition) is 0. The van der Waals surface area contributed by atoms with E-state index in [1.807, 2.05) is 51.1 Å². The van der Waals surface area contributed by atoms with E-state index in [0.29, 0.717) is 13.2 Å². The maximum Gasteiger partial charge on any atom is 0.313 e. The lowest BCUT2D eigenvalue weighted by molar-refractivity contribution is -0.223. The number of para-hydroxylation sites is 1. The second kappa shape index (κ2) is 10.6. The summed E-state index contributed by atoms with van der Waals surface area (Å²) in [5.41, 5.74) is -0.685. The zero-order chi connectivity index (χ0) is 19.6. The first kappa shape index (κ1) is 22.5. The van der Waals surface area contributed by atoms with Gasteiger partial charge in [-0.2, -0.15) is 0 Å². The minimum absolute atomic E-state index is 0.174. The van der Waals surface area contributed by atoms with Gasteiger partial charge in [-0.25, -0.2) is 0 Å². The van der Waals surface area contributed by atoms with Gasteiger partial charge in [-0.1, -0.05) is 45.9 Å². The lowest BCUT2D eigenvalue weighted by atomic mass is 9.79. The normalized spacial score (nSPS) is 13.3. The number of hydrogen-bond acceptors (Lipinski definition) is 4. The van der Waals surface area contributed by atoms with Gasteiger partial charge in [0.15, 0.2) is 0 Å². The highest BCUT2D eigenvalue weighted by molar-refractivity contribution is 5.75. The molecule has 0 N–H and O–H groups in total. The monoisotopic (exact) mass is 364 g/mol. The molecule has 1 aromatic rings. The highest BCUT2D eigenvalue weighted by atomic mass is 16.7. The molecule has 0 aliphatic heterocycles. The van der Waals surface area contributed by atoms with Gasteiger partial charge in [0.1, 0.15) is 12.4 Å². The van der Waals surface area contributed by atoms with Crippen LogP contribution >= 0.6 is 0 Å². The summed E-state index contributed by atoms with van der Waals surface area (Å²) in [6.45, 7) is 13.0. The number of rotatable bonds is 12. The second-order valence-electron chi connectivity index (χ2n) is 7.43. The van der Waals surface area contributed by atoms with Crippen LogP contribution in [-0.2, 0) is 14.3 Å². The number of esters is 1. The van der Waals surface area contributed by atoms with Crippen molar-refractivity contribution < 1.29 is 19.0 Å². The zero-order valence-electron chi connectivity index (χ0n) is 17.3. The molecule has 4 nitrogen and oxygen atoms in total. The largest absolute Gasteiger partial charge is 0.491 e. The van der Waals surface area contributed by atoms with Crippen LogP contribution in [0.5, 0.6) is 5.75 Å². The van der Waals surface area contributed by atoms with Gasteiger partial charge in [0.25, 0.3) is 0 Å². The predicted molar refractivity (Wildman–Crippen MR) is 105 cm³/mol. The van der Waals surface area contributed by atoms with Crippen molar-refractivity contribution in [1.82, 2.24) is 0 Å². The number of carbonyl (C=O) groups excluding carboxylic acids is 1. The summed E-state index contributed by atoms with van der Waals surface area (Å²) in [5, 5.41) is 0. The van der Waals surface area contributed by atoms with Crippen LogP contribution in [-0.4, -0.2) is 25.5 Å². The molecule has 0 aliphatic rings. The molecule has 0 heterocycles. The molecule has 4 heteroatoms. The molecule has 0 radical (unpaired) electrons. The Hall–Kier alpha value is -1.55. The van der Waals surface area contributed by atoms with E-state index in [2.05, 4.69) is 20.8 Å². The van der Waals surface area contributed by atoms with Gasteiger partial charge in [-0.15, -0.1) is 0 Å². The van der Waals surface area contributed by atoms with E-state index in [9.17, 15) is 4.79 Å². The summed E-state index contributed by atoms with van der Waals surface area (Å²) >= 11 is 0. The molecule has 0 saturated heterocycles. The predicted octanol–water partition coefficient (Wildman–Crippen LogP) is 5.60. The maximum atomic E-state index is 12.6. The van der Waals surface area contributed by atoms with Gasteiger partial charge < -0.3 is 14.2 Å². The Morgan fingerprint density at radius 1 is 0.923 bits per heavy atom. The molecule has 1 aromatic carbocycles. The Kier molecular flexibility index (Phi) is 9.14. The van der Waals surface area contributed by atoms with Gasteiger partial charge in [0.2, 0.25) is 6.29 Å². The Morgan fingerprint density at radius 3 is 2.00 bits per heavy atom. The van der Waals surface area contributed by atoms with Crippen LogP contribution in [0.4, 0.5) is 0 Å². The average molecular weight is 365 g/mol. The molecule has 0 spiro atoms. The first-order valence-electron chi connectivity index (χ1n) is 9.85. The van der Waals surface area contributed by atoms with Crippen molar-refractivity contribution in [1.29, 1.82) is 0 Å². The third-order valence-corrected chi connectivity index (χ3v) is 5.63. The van der Waals surface area contributed by atoms with Crippen molar-refractivity contribution in [3.63, 3.8) is 0 Å². The molecule has 0 aromatic heterocycles. The molecular weight excluding hydrogens is 328 g/mol. The van der Waals surface area contributed by atoms with E-state index in [0.717, 1.165) is 31.4 Å². The van der Waals surface area contributed by atoms with Crippen LogP contribution in [0.2, 0.25) is 0 Å². The summed E-state index contributed by atoms with van der Waals surface area (Å²) in [5.74, 6) is 0.609. The van der Waals surface area contributed by atoms with E-state index < -0.39 is 11.7 Å². The first-order chi connectivity index (χ1) is 12.3. The smallest absolute Gasteiger partial charge is 0.313 e. The number of benzene rings is 1. The summed E-state index contributed by atoms with van der Waals surface area (Å²) in [7, 11) is 0. The SMILES string of the molecule is CCC(C)(C)C(=O)OC(OCCOc1ccccc1)C(CC)(CC)CC. The summed E-state index contributed by atoms with van der Waals surface area (Å²) in [4.78, 5) is 12.6. The van der Waals surface area contributed by atoms with Crippen molar-refractivity contribution in [2.45, 2.75) is 73.5 Å². The minimum Gasteiger partial charge on any atom is -0.491 e. The van der Waals surface area contributed by atoms with Gasteiger partial charge in [-0.05, 0) is 51.7 Å². The molecule has 0 saturated carbocycles. The molecule has 1 atom stereocenters. The van der Waals surface area contributed by atoms with Gasteiger partial charge in [0.05, 0.1) is 12.0 Å². The molecule has 0 bridgehead atoms. The van der Waals surface area contributed by atoms with E-state index in [4.69, 9.17) is 14.2 Å². The van der Waals surface area contributed by atoms with Crippen molar-refractivity contribution >= 4 is 5.97 Å². The van der Waals surface area contributed by atoms with Crippen molar-refractivity contribution in [2.75, 3.05) is 13.2 Å². The van der Waals surface area contributed by atoms with Crippen LogP contribution in [0.3, 0.4) is 0 Å². The number of carbonyl (C=O) groups is 1. The summed E-state index contributed by atoms with van der Waals surface area (Å²) in [6, 6.07) is 9.64. The van der Waals surface area contributed by atoms with Crippen LogP contribution in [0.15, 0.2) is 30.3 Å². The van der Waals surface area contributed by atoms with E-state index >= 15 is 0 Å². The van der Waals surface area contributed by atoms with Crippen LogP contribution in [0.25, 0.3) is 0 Å². The zero-order valence-corrected chi connectivity index (χ0v) is 17.3. The molecule has 26 heavy (non-hydrogen) atoms.